The third-order valence-corrected chi connectivity index (χ3v) is 4.00. The largest absolute Gasteiger partial charge is 0.497 e. The van der Waals surface area contributed by atoms with E-state index in [4.69, 9.17) is 14.2 Å². The van der Waals surface area contributed by atoms with Gasteiger partial charge < -0.3 is 19.5 Å². The molecule has 3 rings (SSSR count). The summed E-state index contributed by atoms with van der Waals surface area (Å²) in [6, 6.07) is 16.4. The summed E-state index contributed by atoms with van der Waals surface area (Å²) < 4.78 is 16.5. The van der Waals surface area contributed by atoms with Gasteiger partial charge in [-0.3, -0.25) is 0 Å². The molecule has 0 aliphatic carbocycles. The molecule has 1 aliphatic heterocycles. The van der Waals surface area contributed by atoms with E-state index in [1.807, 2.05) is 24.3 Å². The highest BCUT2D eigenvalue weighted by molar-refractivity contribution is 5.35. The van der Waals surface area contributed by atoms with Crippen molar-refractivity contribution >= 4 is 0 Å². The van der Waals surface area contributed by atoms with Crippen LogP contribution in [0.4, 0.5) is 0 Å². The van der Waals surface area contributed by atoms with Crippen molar-refractivity contribution in [2.24, 2.45) is 0 Å². The van der Waals surface area contributed by atoms with Gasteiger partial charge in [0.2, 0.25) is 0 Å². The predicted molar refractivity (Wildman–Crippen MR) is 94.4 cm³/mol. The molecular weight excluding hydrogens is 302 g/mol. The smallest absolute Gasteiger partial charge is 0.131 e. The minimum absolute atomic E-state index is 0.500. The molecule has 0 saturated heterocycles. The second-order valence-corrected chi connectivity index (χ2v) is 5.69. The van der Waals surface area contributed by atoms with Crippen LogP contribution >= 0.6 is 0 Å². The molecule has 0 radical (unpaired) electrons. The van der Waals surface area contributed by atoms with E-state index >= 15 is 0 Å². The van der Waals surface area contributed by atoms with Gasteiger partial charge in [0, 0.05) is 6.54 Å². The van der Waals surface area contributed by atoms with Gasteiger partial charge in [-0.1, -0.05) is 30.3 Å². The van der Waals surface area contributed by atoms with Crippen molar-refractivity contribution in [2.75, 3.05) is 26.9 Å². The maximum Gasteiger partial charge on any atom is 0.131 e. The molecule has 2 aromatic rings. The first-order valence-electron chi connectivity index (χ1n) is 8.23. The fourth-order valence-electron chi connectivity index (χ4n) is 2.63. The maximum atomic E-state index is 5.97. The van der Waals surface area contributed by atoms with E-state index < -0.39 is 0 Å². The van der Waals surface area contributed by atoms with Gasteiger partial charge in [-0.15, -0.1) is 0 Å². The molecule has 0 bridgehead atoms. The second-order valence-electron chi connectivity index (χ2n) is 5.69. The zero-order valence-electron chi connectivity index (χ0n) is 14.0. The average molecular weight is 325 g/mol. The Morgan fingerprint density at radius 3 is 2.62 bits per heavy atom. The van der Waals surface area contributed by atoms with Gasteiger partial charge in [0.15, 0.2) is 0 Å². The number of aryl methyl sites for hydroxylation is 2. The highest BCUT2D eigenvalue weighted by Crippen LogP contribution is 2.21. The van der Waals surface area contributed by atoms with Gasteiger partial charge in [-0.25, -0.2) is 0 Å². The normalized spacial score (nSPS) is 13.5. The standard InChI is InChI=1S/C20H23NO3/c1-22-19-10-7-16(8-11-19)6-9-17-4-2-3-5-20(17)24-15-18-14-23-13-12-21-18/h2-5,7-8,10-11,14,21H,6,9,12-13,15H2,1H3. The highest BCUT2D eigenvalue weighted by atomic mass is 16.5. The summed E-state index contributed by atoms with van der Waals surface area (Å²) >= 11 is 0. The van der Waals surface area contributed by atoms with Gasteiger partial charge in [0.05, 0.1) is 12.8 Å². The van der Waals surface area contributed by atoms with E-state index in [0.29, 0.717) is 13.2 Å². The highest BCUT2D eigenvalue weighted by Gasteiger charge is 2.07. The van der Waals surface area contributed by atoms with E-state index in [1.165, 1.54) is 11.1 Å². The molecule has 1 aliphatic rings. The van der Waals surface area contributed by atoms with Gasteiger partial charge in [-0.2, -0.15) is 0 Å². The second kappa shape index (κ2) is 8.29. The van der Waals surface area contributed by atoms with Crippen LogP contribution in [0.25, 0.3) is 0 Å². The van der Waals surface area contributed by atoms with Crippen LogP contribution in [-0.4, -0.2) is 26.9 Å². The molecule has 1 N–H and O–H groups in total. The van der Waals surface area contributed by atoms with Crippen molar-refractivity contribution in [3.05, 3.63) is 71.6 Å². The zero-order valence-corrected chi connectivity index (χ0v) is 14.0. The number of hydrogen-bond donors (Lipinski definition) is 1. The van der Waals surface area contributed by atoms with Crippen molar-refractivity contribution in [1.29, 1.82) is 0 Å². The number of nitrogens with one attached hydrogen (secondary N) is 1. The van der Waals surface area contributed by atoms with Gasteiger partial charge in [-0.05, 0) is 42.2 Å². The first kappa shape index (κ1) is 16.2. The van der Waals surface area contributed by atoms with E-state index in [2.05, 4.69) is 29.6 Å². The quantitative estimate of drug-likeness (QED) is 0.848. The van der Waals surface area contributed by atoms with Crippen LogP contribution in [0.1, 0.15) is 11.1 Å². The Kier molecular flexibility index (Phi) is 5.61. The fourth-order valence-corrected chi connectivity index (χ4v) is 2.63. The van der Waals surface area contributed by atoms with E-state index in [1.54, 1.807) is 13.4 Å². The molecule has 0 atom stereocenters. The summed E-state index contributed by atoms with van der Waals surface area (Å²) in [7, 11) is 1.68. The topological polar surface area (TPSA) is 39.7 Å². The van der Waals surface area contributed by atoms with Crippen LogP contribution < -0.4 is 14.8 Å². The van der Waals surface area contributed by atoms with Gasteiger partial charge in [0.1, 0.15) is 31.0 Å². The predicted octanol–water partition coefficient (Wildman–Crippen LogP) is 3.32. The van der Waals surface area contributed by atoms with Crippen molar-refractivity contribution in [1.82, 2.24) is 5.32 Å². The van der Waals surface area contributed by atoms with E-state index in [0.717, 1.165) is 36.6 Å². The molecule has 4 nitrogen and oxygen atoms in total. The molecule has 0 saturated carbocycles. The van der Waals surface area contributed by atoms with Crippen LogP contribution in [-0.2, 0) is 17.6 Å². The molecule has 126 valence electrons. The van der Waals surface area contributed by atoms with Crippen LogP contribution in [0, 0.1) is 0 Å². The summed E-state index contributed by atoms with van der Waals surface area (Å²) in [5, 5.41) is 3.28. The van der Waals surface area contributed by atoms with Crippen LogP contribution in [0.3, 0.4) is 0 Å². The zero-order chi connectivity index (χ0) is 16.6. The monoisotopic (exact) mass is 325 g/mol. The Bertz CT molecular complexity index is 680. The third kappa shape index (κ3) is 4.44. The lowest BCUT2D eigenvalue weighted by Crippen LogP contribution is -2.26. The molecular formula is C20H23NO3. The summed E-state index contributed by atoms with van der Waals surface area (Å²) in [6.45, 7) is 2.04. The molecule has 2 aromatic carbocycles. The minimum atomic E-state index is 0.500. The third-order valence-electron chi connectivity index (χ3n) is 4.00. The molecule has 0 fully saturated rings. The number of methoxy groups -OCH3 is 1. The number of ether oxygens (including phenoxy) is 3. The van der Waals surface area contributed by atoms with Crippen molar-refractivity contribution in [3.8, 4) is 11.5 Å². The SMILES string of the molecule is COc1ccc(CCc2ccccc2OCC2=COCCN2)cc1. The summed E-state index contributed by atoms with van der Waals surface area (Å²) in [5.41, 5.74) is 3.48. The summed E-state index contributed by atoms with van der Waals surface area (Å²) in [5.74, 6) is 1.82. The number of benzene rings is 2. The molecule has 0 aromatic heterocycles. The first-order valence-corrected chi connectivity index (χ1v) is 8.23. The lowest BCUT2D eigenvalue weighted by atomic mass is 10.0. The average Bonchev–Trinajstić information content (AvgIpc) is 2.66. The molecule has 24 heavy (non-hydrogen) atoms. The van der Waals surface area contributed by atoms with Crippen molar-refractivity contribution in [3.63, 3.8) is 0 Å². The van der Waals surface area contributed by atoms with Gasteiger partial charge >= 0.3 is 0 Å². The number of rotatable bonds is 7. The molecule has 1 heterocycles. The molecule has 0 amide bonds. The molecule has 4 heteroatoms. The Balaban J connectivity index is 1.59. The minimum Gasteiger partial charge on any atom is -0.497 e. The summed E-state index contributed by atoms with van der Waals surface area (Å²) in [6.07, 6.45) is 3.64. The summed E-state index contributed by atoms with van der Waals surface area (Å²) in [4.78, 5) is 0. The lowest BCUT2D eigenvalue weighted by Gasteiger charge is -2.18. The maximum absolute atomic E-state index is 5.97. The van der Waals surface area contributed by atoms with Crippen LogP contribution in [0.2, 0.25) is 0 Å². The van der Waals surface area contributed by atoms with Crippen molar-refractivity contribution in [2.45, 2.75) is 12.8 Å². The Morgan fingerprint density at radius 2 is 1.88 bits per heavy atom. The van der Waals surface area contributed by atoms with Crippen LogP contribution in [0.5, 0.6) is 11.5 Å². The number of hydrogen-bond acceptors (Lipinski definition) is 4. The lowest BCUT2D eigenvalue weighted by molar-refractivity contribution is 0.216. The van der Waals surface area contributed by atoms with E-state index in [-0.39, 0.29) is 0 Å². The Morgan fingerprint density at radius 1 is 1.04 bits per heavy atom. The van der Waals surface area contributed by atoms with Gasteiger partial charge in [0.25, 0.3) is 0 Å². The van der Waals surface area contributed by atoms with E-state index in [9.17, 15) is 0 Å². The molecule has 0 spiro atoms. The number of para-hydroxylation sites is 1. The Labute approximate surface area is 143 Å². The first-order chi connectivity index (χ1) is 11.8. The van der Waals surface area contributed by atoms with Crippen LogP contribution in [0.15, 0.2) is 60.5 Å². The fraction of sp³-hybridized carbons (Fsp3) is 0.300. The molecule has 0 unspecified atom stereocenters. The Hall–Kier alpha value is -2.62. The van der Waals surface area contributed by atoms with Crippen molar-refractivity contribution < 1.29 is 14.2 Å².